The first-order valence-electron chi connectivity index (χ1n) is 4.83. The Morgan fingerprint density at radius 3 is 3.00 bits per heavy atom. The minimum absolute atomic E-state index is 0.353. The second kappa shape index (κ2) is 5.73. The van der Waals surface area contributed by atoms with Crippen molar-refractivity contribution in [3.05, 3.63) is 45.8 Å². The molecule has 4 nitrogen and oxygen atoms in total. The molecule has 0 aliphatic heterocycles. The Labute approximate surface area is 89.0 Å². The first-order valence-corrected chi connectivity index (χ1v) is 4.83. The van der Waals surface area contributed by atoms with Crippen LogP contribution < -0.4 is 5.73 Å². The molecular formula is C11H14N4. The molecule has 78 valence electrons. The van der Waals surface area contributed by atoms with Crippen LogP contribution in [0.2, 0.25) is 0 Å². The lowest BCUT2D eigenvalue weighted by atomic mass is 10.1. The zero-order valence-electron chi connectivity index (χ0n) is 8.72. The number of aryl methyl sites for hydroxylation is 1. The highest BCUT2D eigenvalue weighted by Crippen LogP contribution is 2.16. The number of nitrogen functional groups attached to an aromatic ring is 1. The lowest BCUT2D eigenvalue weighted by Crippen LogP contribution is -1.91. The minimum Gasteiger partial charge on any atom is -0.398 e. The summed E-state index contributed by atoms with van der Waals surface area (Å²) in [6.07, 6.45) is 4.66. The molecule has 0 aromatic heterocycles. The molecule has 0 heterocycles. The summed E-state index contributed by atoms with van der Waals surface area (Å²) < 4.78 is 0. The Kier molecular flexibility index (Phi) is 4.26. The highest BCUT2D eigenvalue weighted by atomic mass is 15.1. The van der Waals surface area contributed by atoms with E-state index in [0.29, 0.717) is 6.54 Å². The van der Waals surface area contributed by atoms with Gasteiger partial charge in [-0.25, -0.2) is 0 Å². The van der Waals surface area contributed by atoms with Gasteiger partial charge in [0.2, 0.25) is 0 Å². The van der Waals surface area contributed by atoms with E-state index in [1.54, 1.807) is 6.08 Å². The van der Waals surface area contributed by atoms with Gasteiger partial charge in [0.25, 0.3) is 0 Å². The van der Waals surface area contributed by atoms with Crippen molar-refractivity contribution < 1.29 is 0 Å². The summed E-state index contributed by atoms with van der Waals surface area (Å²) in [5.41, 5.74) is 16.9. The Bertz CT molecular complexity index is 403. The highest BCUT2D eigenvalue weighted by molar-refractivity contribution is 5.65. The number of hydrogen-bond acceptors (Lipinski definition) is 2. The molecule has 2 N–H and O–H groups in total. The summed E-state index contributed by atoms with van der Waals surface area (Å²) >= 11 is 0. The van der Waals surface area contributed by atoms with Gasteiger partial charge in [0, 0.05) is 17.1 Å². The van der Waals surface area contributed by atoms with Crippen LogP contribution in [0.25, 0.3) is 16.5 Å². The molecule has 0 aliphatic rings. The molecule has 0 atom stereocenters. The van der Waals surface area contributed by atoms with Crippen LogP contribution in [0.1, 0.15) is 18.1 Å². The molecule has 0 spiro atoms. The van der Waals surface area contributed by atoms with Crippen molar-refractivity contribution >= 4 is 11.8 Å². The second-order valence-corrected chi connectivity index (χ2v) is 3.13. The van der Waals surface area contributed by atoms with Gasteiger partial charge >= 0.3 is 0 Å². The number of anilines is 1. The smallest absolute Gasteiger partial charge is 0.0443 e. The summed E-state index contributed by atoms with van der Waals surface area (Å²) in [5, 5.41) is 3.41. The van der Waals surface area contributed by atoms with Gasteiger partial charge in [-0.15, -0.1) is 0 Å². The number of rotatable bonds is 4. The van der Waals surface area contributed by atoms with Crippen molar-refractivity contribution in [2.24, 2.45) is 5.11 Å². The molecular weight excluding hydrogens is 188 g/mol. The van der Waals surface area contributed by atoms with Crippen molar-refractivity contribution in [3.8, 4) is 0 Å². The van der Waals surface area contributed by atoms with Crippen LogP contribution in [0.4, 0.5) is 5.69 Å². The number of nitrogens with zero attached hydrogens (tertiary/aromatic N) is 3. The molecule has 4 heteroatoms. The third kappa shape index (κ3) is 3.37. The molecule has 0 saturated carbocycles. The van der Waals surface area contributed by atoms with Crippen LogP contribution in [0.5, 0.6) is 0 Å². The molecule has 0 bridgehead atoms. The maximum atomic E-state index is 8.10. The van der Waals surface area contributed by atoms with E-state index in [2.05, 4.69) is 16.9 Å². The summed E-state index contributed by atoms with van der Waals surface area (Å²) in [5.74, 6) is 0. The van der Waals surface area contributed by atoms with Crippen molar-refractivity contribution in [2.45, 2.75) is 13.3 Å². The third-order valence-electron chi connectivity index (χ3n) is 2.11. The zero-order chi connectivity index (χ0) is 11.1. The standard InChI is InChI=1S/C11H14N4/c1-2-9-5-6-11(12)10(8-9)4-3-7-14-15-13/h3-6,8H,2,7,12H2,1H3. The van der Waals surface area contributed by atoms with Crippen LogP contribution in [0.15, 0.2) is 29.4 Å². The fraction of sp³-hybridized carbons (Fsp3) is 0.273. The molecule has 0 aliphatic carbocycles. The van der Waals surface area contributed by atoms with Crippen molar-refractivity contribution in [3.63, 3.8) is 0 Å². The molecule has 1 rings (SSSR count). The fourth-order valence-electron chi connectivity index (χ4n) is 1.25. The Morgan fingerprint density at radius 1 is 1.53 bits per heavy atom. The van der Waals surface area contributed by atoms with Crippen LogP contribution in [0.3, 0.4) is 0 Å². The minimum atomic E-state index is 0.353. The van der Waals surface area contributed by atoms with Gasteiger partial charge in [-0.3, -0.25) is 0 Å². The van der Waals surface area contributed by atoms with Crippen LogP contribution in [-0.2, 0) is 6.42 Å². The fourth-order valence-corrected chi connectivity index (χ4v) is 1.25. The van der Waals surface area contributed by atoms with E-state index >= 15 is 0 Å². The highest BCUT2D eigenvalue weighted by Gasteiger charge is 1.95. The van der Waals surface area contributed by atoms with Crippen molar-refractivity contribution in [1.82, 2.24) is 0 Å². The van der Waals surface area contributed by atoms with E-state index in [1.165, 1.54) is 5.56 Å². The average molecular weight is 202 g/mol. The second-order valence-electron chi connectivity index (χ2n) is 3.13. The van der Waals surface area contributed by atoms with Gasteiger partial charge in [0.15, 0.2) is 0 Å². The SMILES string of the molecule is CCc1ccc(N)c(C=CCN=[N+]=[N-])c1. The summed E-state index contributed by atoms with van der Waals surface area (Å²) in [4.78, 5) is 2.67. The van der Waals surface area contributed by atoms with Gasteiger partial charge in [0.05, 0.1) is 0 Å². The summed E-state index contributed by atoms with van der Waals surface area (Å²) in [7, 11) is 0. The van der Waals surface area contributed by atoms with Gasteiger partial charge in [0.1, 0.15) is 0 Å². The van der Waals surface area contributed by atoms with E-state index in [0.717, 1.165) is 17.7 Å². The number of nitrogens with two attached hydrogens (primary N) is 1. The van der Waals surface area contributed by atoms with Gasteiger partial charge in [-0.05, 0) is 35.2 Å². The number of azide groups is 1. The van der Waals surface area contributed by atoms with Gasteiger partial charge < -0.3 is 5.73 Å². The molecule has 15 heavy (non-hydrogen) atoms. The van der Waals surface area contributed by atoms with E-state index in [9.17, 15) is 0 Å². The zero-order valence-corrected chi connectivity index (χ0v) is 8.72. The van der Waals surface area contributed by atoms with Crippen LogP contribution in [0, 0.1) is 0 Å². The average Bonchev–Trinajstić information content (AvgIpc) is 2.26. The topological polar surface area (TPSA) is 74.8 Å². The van der Waals surface area contributed by atoms with E-state index in [4.69, 9.17) is 11.3 Å². The van der Waals surface area contributed by atoms with Crippen LogP contribution >= 0.6 is 0 Å². The molecule has 0 amide bonds. The first-order chi connectivity index (χ1) is 7.27. The molecule has 1 aromatic carbocycles. The molecule has 0 saturated heterocycles. The van der Waals surface area contributed by atoms with Gasteiger partial charge in [-0.1, -0.05) is 30.3 Å². The van der Waals surface area contributed by atoms with Gasteiger partial charge in [-0.2, -0.15) is 0 Å². The Balaban J connectivity index is 2.83. The summed E-state index contributed by atoms with van der Waals surface area (Å²) in [6.45, 7) is 2.45. The first kappa shape index (κ1) is 11.1. The maximum absolute atomic E-state index is 8.10. The van der Waals surface area contributed by atoms with Crippen molar-refractivity contribution in [1.29, 1.82) is 0 Å². The quantitative estimate of drug-likeness (QED) is 0.346. The summed E-state index contributed by atoms with van der Waals surface area (Å²) in [6, 6.07) is 5.95. The Morgan fingerprint density at radius 2 is 2.33 bits per heavy atom. The van der Waals surface area contributed by atoms with Crippen LogP contribution in [-0.4, -0.2) is 6.54 Å². The lowest BCUT2D eigenvalue weighted by molar-refractivity contribution is 1.14. The monoisotopic (exact) mass is 202 g/mol. The molecule has 1 aromatic rings. The number of hydrogen-bond donors (Lipinski definition) is 1. The van der Waals surface area contributed by atoms with E-state index in [-0.39, 0.29) is 0 Å². The normalized spacial score (nSPS) is 10.2. The van der Waals surface area contributed by atoms with E-state index < -0.39 is 0 Å². The maximum Gasteiger partial charge on any atom is 0.0443 e. The number of benzene rings is 1. The Hall–Kier alpha value is -1.93. The molecule has 0 unspecified atom stereocenters. The predicted molar refractivity (Wildman–Crippen MR) is 63.3 cm³/mol. The van der Waals surface area contributed by atoms with E-state index in [1.807, 2.05) is 24.3 Å². The van der Waals surface area contributed by atoms with Crippen molar-refractivity contribution in [2.75, 3.05) is 12.3 Å². The third-order valence-corrected chi connectivity index (χ3v) is 2.11. The predicted octanol–water partition coefficient (Wildman–Crippen LogP) is 3.15. The molecule has 0 radical (unpaired) electrons. The lowest BCUT2D eigenvalue weighted by Gasteiger charge is -2.02. The molecule has 0 fully saturated rings. The largest absolute Gasteiger partial charge is 0.398 e.